The quantitative estimate of drug-likeness (QED) is 0.287. The fourth-order valence-electron chi connectivity index (χ4n) is 5.88. The number of anilines is 1. The summed E-state index contributed by atoms with van der Waals surface area (Å²) in [6, 6.07) is 14.4. The molecule has 3 atom stereocenters. The molecule has 6 rings (SSSR count). The number of hydrogen-bond donors (Lipinski definition) is 2. The summed E-state index contributed by atoms with van der Waals surface area (Å²) in [6.07, 6.45) is 3.24. The summed E-state index contributed by atoms with van der Waals surface area (Å²) in [6.45, 7) is 2.08. The van der Waals surface area contributed by atoms with Crippen molar-refractivity contribution in [1.29, 1.82) is 0 Å². The van der Waals surface area contributed by atoms with E-state index in [1.165, 1.54) is 34.6 Å². The van der Waals surface area contributed by atoms with Gasteiger partial charge in [0.05, 0.1) is 24.3 Å². The molecule has 2 aliphatic rings. The lowest BCUT2D eigenvalue weighted by Gasteiger charge is -2.27. The molecule has 2 fully saturated rings. The minimum atomic E-state index is -1.10. The Morgan fingerprint density at radius 1 is 1.14 bits per heavy atom. The molecule has 0 aliphatic carbocycles. The Balaban J connectivity index is 1.18. The van der Waals surface area contributed by atoms with E-state index < -0.39 is 18.2 Å². The van der Waals surface area contributed by atoms with Crippen LogP contribution in [0.4, 0.5) is 14.6 Å². The van der Waals surface area contributed by atoms with E-state index in [-0.39, 0.29) is 42.0 Å². The Kier molecular flexibility index (Phi) is 7.82. The highest BCUT2D eigenvalue weighted by molar-refractivity contribution is 7.98. The zero-order valence-corrected chi connectivity index (χ0v) is 23.7. The van der Waals surface area contributed by atoms with Crippen LogP contribution in [0.5, 0.6) is 0 Å². The number of rotatable bonds is 8. The van der Waals surface area contributed by atoms with E-state index in [1.807, 2.05) is 17.2 Å². The monoisotopic (exact) mass is 592 g/mol. The van der Waals surface area contributed by atoms with Crippen molar-refractivity contribution in [3.05, 3.63) is 89.0 Å². The maximum Gasteiger partial charge on any atom is 0.335 e. The number of carboxylic acids is 1. The second kappa shape index (κ2) is 11.7. The Labute approximate surface area is 245 Å². The first kappa shape index (κ1) is 28.1. The lowest BCUT2D eigenvalue weighted by Crippen LogP contribution is -2.37. The lowest BCUT2D eigenvalue weighted by atomic mass is 10.0. The summed E-state index contributed by atoms with van der Waals surface area (Å²) >= 11 is 1.49. The number of carboxylic acid groups (broad SMARTS) is 1. The first-order valence-electron chi connectivity index (χ1n) is 13.7. The van der Waals surface area contributed by atoms with Gasteiger partial charge in [0.25, 0.3) is 5.91 Å². The number of nitrogens with one attached hydrogen (secondary N) is 1. The Bertz CT molecular complexity index is 1650. The van der Waals surface area contributed by atoms with Crippen molar-refractivity contribution < 1.29 is 23.5 Å². The van der Waals surface area contributed by atoms with Crippen LogP contribution in [0.3, 0.4) is 0 Å². The van der Waals surface area contributed by atoms with Gasteiger partial charge in [-0.05, 0) is 66.3 Å². The van der Waals surface area contributed by atoms with E-state index in [0.717, 1.165) is 23.4 Å². The van der Waals surface area contributed by atoms with Crippen molar-refractivity contribution in [2.45, 2.75) is 42.5 Å². The van der Waals surface area contributed by atoms with Crippen molar-refractivity contribution in [2.75, 3.05) is 30.8 Å². The minimum Gasteiger partial charge on any atom is -0.478 e. The molecule has 2 aromatic heterocycles. The molecule has 4 aromatic rings. The average Bonchev–Trinajstić information content (AvgIpc) is 3.71. The molecule has 4 heterocycles. The number of thioether (sulfide) groups is 1. The Morgan fingerprint density at radius 2 is 2.00 bits per heavy atom. The number of nitrogens with zero attached hydrogens (tertiary/aromatic N) is 5. The standard InChI is InChI=1S/C30H30F2N6O3S/c1-42-26-6-5-20(31)12-23(26)24-13-21(32)16-37(24)28-8-7-27-33-14-25(38(27)35-28)29(39)34-22-9-10-36(17-22)15-18-3-2-4-19(11-18)30(40)41/h2-8,11-12,14,21-22,24H,9-10,13,15-17H2,1H3,(H,34,39)(H,40,41)/t21-,22-,24+/m0/s1. The van der Waals surface area contributed by atoms with E-state index in [0.29, 0.717) is 30.1 Å². The number of amides is 1. The van der Waals surface area contributed by atoms with Crippen LogP contribution in [0.25, 0.3) is 5.65 Å². The molecule has 9 nitrogen and oxygen atoms in total. The second-order valence-electron chi connectivity index (χ2n) is 10.7. The van der Waals surface area contributed by atoms with Gasteiger partial charge in [0.2, 0.25) is 0 Å². The topological polar surface area (TPSA) is 103 Å². The summed E-state index contributed by atoms with van der Waals surface area (Å²) in [5.41, 5.74) is 2.62. The zero-order chi connectivity index (χ0) is 29.4. The lowest BCUT2D eigenvalue weighted by molar-refractivity contribution is 0.0696. The van der Waals surface area contributed by atoms with Crippen LogP contribution in [0.15, 0.2) is 65.7 Å². The summed E-state index contributed by atoms with van der Waals surface area (Å²) < 4.78 is 30.4. The molecular weight excluding hydrogens is 562 g/mol. The highest BCUT2D eigenvalue weighted by Crippen LogP contribution is 2.40. The van der Waals surface area contributed by atoms with E-state index in [9.17, 15) is 23.5 Å². The van der Waals surface area contributed by atoms with Crippen LogP contribution in [-0.4, -0.2) is 74.6 Å². The van der Waals surface area contributed by atoms with Gasteiger partial charge in [-0.1, -0.05) is 12.1 Å². The SMILES string of the molecule is CSc1ccc(F)cc1[C@H]1C[C@H](F)CN1c1ccc2ncc(C(=O)N[C@H]3CCN(Cc4cccc(C(=O)O)c4)C3)n2n1. The van der Waals surface area contributed by atoms with E-state index in [1.54, 1.807) is 36.4 Å². The highest BCUT2D eigenvalue weighted by Gasteiger charge is 2.36. The summed E-state index contributed by atoms with van der Waals surface area (Å²) in [5, 5.41) is 17.0. The predicted octanol–water partition coefficient (Wildman–Crippen LogP) is 4.58. The number of alkyl halides is 1. The third kappa shape index (κ3) is 5.68. The fraction of sp³-hybridized carbons (Fsp3) is 0.333. The van der Waals surface area contributed by atoms with Gasteiger partial charge >= 0.3 is 5.97 Å². The van der Waals surface area contributed by atoms with Crippen molar-refractivity contribution in [2.24, 2.45) is 0 Å². The van der Waals surface area contributed by atoms with Gasteiger partial charge < -0.3 is 15.3 Å². The molecule has 0 radical (unpaired) electrons. The number of fused-ring (bicyclic) bond motifs is 1. The molecule has 2 aromatic carbocycles. The van der Waals surface area contributed by atoms with Crippen LogP contribution >= 0.6 is 11.8 Å². The number of hydrogen-bond acceptors (Lipinski definition) is 7. The Hall–Kier alpha value is -4.03. The Morgan fingerprint density at radius 3 is 2.81 bits per heavy atom. The number of carbonyl (C=O) groups is 2. The summed E-state index contributed by atoms with van der Waals surface area (Å²) in [5.74, 6) is -1.17. The van der Waals surface area contributed by atoms with Gasteiger partial charge in [-0.25, -0.2) is 23.1 Å². The van der Waals surface area contributed by atoms with Gasteiger partial charge in [-0.15, -0.1) is 16.9 Å². The van der Waals surface area contributed by atoms with Crippen LogP contribution in [0, 0.1) is 5.82 Å². The molecular formula is C30H30F2N6O3S. The second-order valence-corrected chi connectivity index (χ2v) is 11.5. The first-order chi connectivity index (χ1) is 20.3. The average molecular weight is 593 g/mol. The number of halogens is 2. The van der Waals surface area contributed by atoms with Gasteiger partial charge in [0.1, 0.15) is 17.8 Å². The van der Waals surface area contributed by atoms with Crippen molar-refractivity contribution in [3.63, 3.8) is 0 Å². The molecule has 12 heteroatoms. The maximum absolute atomic E-state index is 14.8. The molecule has 2 N–H and O–H groups in total. The molecule has 2 aliphatic heterocycles. The molecule has 0 bridgehead atoms. The molecule has 42 heavy (non-hydrogen) atoms. The van der Waals surface area contributed by atoms with E-state index >= 15 is 0 Å². The molecule has 1 amide bonds. The number of aromatic nitrogens is 3. The van der Waals surface area contributed by atoms with Crippen LogP contribution in [-0.2, 0) is 6.54 Å². The minimum absolute atomic E-state index is 0.0953. The maximum atomic E-state index is 14.8. The molecule has 0 spiro atoms. The normalized spacial score (nSPS) is 20.8. The predicted molar refractivity (Wildman–Crippen MR) is 155 cm³/mol. The van der Waals surface area contributed by atoms with E-state index in [4.69, 9.17) is 0 Å². The highest BCUT2D eigenvalue weighted by atomic mass is 32.2. The molecule has 218 valence electrons. The van der Waals surface area contributed by atoms with Crippen molar-refractivity contribution in [3.8, 4) is 0 Å². The smallest absolute Gasteiger partial charge is 0.335 e. The first-order valence-corrected chi connectivity index (χ1v) is 15.0. The van der Waals surface area contributed by atoms with Gasteiger partial charge in [0.15, 0.2) is 11.3 Å². The molecule has 0 unspecified atom stereocenters. The zero-order valence-electron chi connectivity index (χ0n) is 22.9. The van der Waals surface area contributed by atoms with Gasteiger partial charge in [0, 0.05) is 37.0 Å². The van der Waals surface area contributed by atoms with Crippen molar-refractivity contribution >= 4 is 35.1 Å². The number of imidazole rings is 1. The molecule has 0 saturated carbocycles. The summed E-state index contributed by atoms with van der Waals surface area (Å²) in [4.78, 5) is 33.9. The van der Waals surface area contributed by atoms with Crippen LogP contribution < -0.4 is 10.2 Å². The van der Waals surface area contributed by atoms with Gasteiger partial charge in [-0.2, -0.15) is 0 Å². The summed E-state index contributed by atoms with van der Waals surface area (Å²) in [7, 11) is 0. The van der Waals surface area contributed by atoms with Crippen molar-refractivity contribution in [1.82, 2.24) is 24.8 Å². The number of likely N-dealkylation sites (tertiary alicyclic amines) is 1. The fourth-order valence-corrected chi connectivity index (χ4v) is 6.52. The van der Waals surface area contributed by atoms with Crippen LogP contribution in [0.1, 0.15) is 50.9 Å². The number of carbonyl (C=O) groups excluding carboxylic acids is 1. The third-order valence-corrected chi connectivity index (χ3v) is 8.68. The molecule has 2 saturated heterocycles. The third-order valence-electron chi connectivity index (χ3n) is 7.86. The van der Waals surface area contributed by atoms with E-state index in [2.05, 4.69) is 20.3 Å². The van der Waals surface area contributed by atoms with Crippen LogP contribution in [0.2, 0.25) is 0 Å². The van der Waals surface area contributed by atoms with Gasteiger partial charge in [-0.3, -0.25) is 9.69 Å². The number of benzene rings is 2. The largest absolute Gasteiger partial charge is 0.478 e. The number of aromatic carboxylic acids is 1.